The first-order valence-corrected chi connectivity index (χ1v) is 6.57. The maximum absolute atomic E-state index is 11.8. The van der Waals surface area contributed by atoms with Crippen LogP contribution in [-0.2, 0) is 4.74 Å². The second kappa shape index (κ2) is 6.73. The van der Waals surface area contributed by atoms with E-state index in [2.05, 4.69) is 4.90 Å². The highest BCUT2D eigenvalue weighted by Crippen LogP contribution is 2.12. The Bertz CT molecular complexity index is 338. The molecule has 1 N–H and O–H groups in total. The number of aliphatic hydroxyl groups excluding tert-OH is 1. The highest BCUT2D eigenvalue weighted by molar-refractivity contribution is 5.68. The van der Waals surface area contributed by atoms with Gasteiger partial charge in [0.1, 0.15) is 5.60 Å². The summed E-state index contributed by atoms with van der Waals surface area (Å²) in [5.41, 5.74) is -0.475. The monoisotopic (exact) mass is 269 g/mol. The minimum atomic E-state index is -0.613. The van der Waals surface area contributed by atoms with E-state index in [4.69, 9.17) is 10.00 Å². The maximum atomic E-state index is 11.8. The zero-order valence-electron chi connectivity index (χ0n) is 11.9. The van der Waals surface area contributed by atoms with E-state index in [-0.39, 0.29) is 12.5 Å². The fourth-order valence-electron chi connectivity index (χ4n) is 1.91. The van der Waals surface area contributed by atoms with Crippen molar-refractivity contribution in [3.8, 4) is 6.07 Å². The first-order valence-electron chi connectivity index (χ1n) is 6.57. The number of hydrogen-bond acceptors (Lipinski definition) is 5. The molecule has 1 amide bonds. The quantitative estimate of drug-likeness (QED) is 0.820. The van der Waals surface area contributed by atoms with Crippen LogP contribution >= 0.6 is 0 Å². The lowest BCUT2D eigenvalue weighted by Crippen LogP contribution is -2.51. The molecule has 0 saturated carbocycles. The zero-order valence-corrected chi connectivity index (χ0v) is 11.9. The van der Waals surface area contributed by atoms with Gasteiger partial charge in [0, 0.05) is 32.7 Å². The molecule has 0 bridgehead atoms. The van der Waals surface area contributed by atoms with Crippen LogP contribution in [0.2, 0.25) is 0 Å². The van der Waals surface area contributed by atoms with Gasteiger partial charge in [0.15, 0.2) is 0 Å². The van der Waals surface area contributed by atoms with Gasteiger partial charge < -0.3 is 14.7 Å². The minimum Gasteiger partial charge on any atom is -0.444 e. The lowest BCUT2D eigenvalue weighted by molar-refractivity contribution is 0.0105. The van der Waals surface area contributed by atoms with Gasteiger partial charge in [-0.1, -0.05) is 0 Å². The molecule has 1 fully saturated rings. The molecule has 6 nitrogen and oxygen atoms in total. The van der Waals surface area contributed by atoms with Crippen molar-refractivity contribution in [3.05, 3.63) is 0 Å². The number of amides is 1. The third kappa shape index (κ3) is 5.90. The largest absolute Gasteiger partial charge is 0.444 e. The van der Waals surface area contributed by atoms with Crippen LogP contribution in [0.4, 0.5) is 4.79 Å². The molecule has 6 heteroatoms. The van der Waals surface area contributed by atoms with Gasteiger partial charge in [-0.25, -0.2) is 4.79 Å². The SMILES string of the molecule is CC(C)(C)OC(=O)N1CCN(CC(O)CC#N)CC1. The summed E-state index contributed by atoms with van der Waals surface area (Å²) in [7, 11) is 0. The fourth-order valence-corrected chi connectivity index (χ4v) is 1.91. The Balaban J connectivity index is 2.33. The first kappa shape index (κ1) is 15.7. The highest BCUT2D eigenvalue weighted by Gasteiger charge is 2.26. The van der Waals surface area contributed by atoms with Crippen molar-refractivity contribution in [1.82, 2.24) is 9.80 Å². The molecule has 0 aromatic carbocycles. The summed E-state index contributed by atoms with van der Waals surface area (Å²) < 4.78 is 5.31. The second-order valence-electron chi connectivity index (χ2n) is 5.78. The van der Waals surface area contributed by atoms with Gasteiger partial charge in [-0.3, -0.25) is 4.90 Å². The molecule has 0 aromatic heterocycles. The van der Waals surface area contributed by atoms with E-state index >= 15 is 0 Å². The number of β-amino-alcohol motifs (C(OH)–C–C–N with tert-alkyl or cyclic N) is 1. The molecule has 1 saturated heterocycles. The molecular formula is C13H23N3O3. The Kier molecular flexibility index (Phi) is 5.58. The van der Waals surface area contributed by atoms with Crippen molar-refractivity contribution in [2.45, 2.75) is 38.9 Å². The van der Waals surface area contributed by atoms with Crippen molar-refractivity contribution in [3.63, 3.8) is 0 Å². The number of nitriles is 1. The summed E-state index contributed by atoms with van der Waals surface area (Å²) in [6.45, 7) is 8.60. The molecule has 1 heterocycles. The molecule has 19 heavy (non-hydrogen) atoms. The van der Waals surface area contributed by atoms with Crippen molar-refractivity contribution < 1.29 is 14.6 Å². The molecule has 1 aliphatic heterocycles. The average Bonchev–Trinajstić information content (AvgIpc) is 2.27. The maximum Gasteiger partial charge on any atom is 0.410 e. The molecule has 0 radical (unpaired) electrons. The van der Waals surface area contributed by atoms with Crippen LogP contribution in [0, 0.1) is 11.3 Å². The van der Waals surface area contributed by atoms with E-state index in [1.165, 1.54) is 0 Å². The molecule has 1 unspecified atom stereocenters. The number of carbonyl (C=O) groups is 1. The Labute approximate surface area is 114 Å². The molecule has 0 spiro atoms. The molecular weight excluding hydrogens is 246 g/mol. The predicted molar refractivity (Wildman–Crippen MR) is 70.5 cm³/mol. The summed E-state index contributed by atoms with van der Waals surface area (Å²) in [5.74, 6) is 0. The van der Waals surface area contributed by atoms with Gasteiger partial charge in [0.25, 0.3) is 0 Å². The van der Waals surface area contributed by atoms with Crippen LogP contribution in [0.5, 0.6) is 0 Å². The van der Waals surface area contributed by atoms with Crippen molar-refractivity contribution in [2.24, 2.45) is 0 Å². The Morgan fingerprint density at radius 1 is 1.37 bits per heavy atom. The van der Waals surface area contributed by atoms with Crippen molar-refractivity contribution in [1.29, 1.82) is 5.26 Å². The number of piperazine rings is 1. The number of aliphatic hydroxyl groups is 1. The van der Waals surface area contributed by atoms with Crippen molar-refractivity contribution in [2.75, 3.05) is 32.7 Å². The van der Waals surface area contributed by atoms with E-state index in [0.29, 0.717) is 32.7 Å². The standard InChI is InChI=1S/C13H23N3O3/c1-13(2,3)19-12(18)16-8-6-15(7-9-16)10-11(17)4-5-14/h11,17H,4,6-10H2,1-3H3. The molecule has 1 atom stereocenters. The van der Waals surface area contributed by atoms with Crippen LogP contribution in [0.25, 0.3) is 0 Å². The topological polar surface area (TPSA) is 76.8 Å². The highest BCUT2D eigenvalue weighted by atomic mass is 16.6. The molecule has 1 aliphatic rings. The number of hydrogen-bond donors (Lipinski definition) is 1. The van der Waals surface area contributed by atoms with Gasteiger partial charge in [-0.2, -0.15) is 5.26 Å². The van der Waals surface area contributed by atoms with Crippen LogP contribution in [0.15, 0.2) is 0 Å². The third-order valence-electron chi connectivity index (χ3n) is 2.82. The van der Waals surface area contributed by atoms with E-state index < -0.39 is 11.7 Å². The molecule has 108 valence electrons. The van der Waals surface area contributed by atoms with E-state index in [0.717, 1.165) is 0 Å². The molecule has 0 aromatic rings. The van der Waals surface area contributed by atoms with Gasteiger partial charge >= 0.3 is 6.09 Å². The predicted octanol–water partition coefficient (Wildman–Crippen LogP) is 0.814. The lowest BCUT2D eigenvalue weighted by Gasteiger charge is -2.36. The summed E-state index contributed by atoms with van der Waals surface area (Å²) in [5, 5.41) is 18.1. The van der Waals surface area contributed by atoms with Gasteiger partial charge in [-0.15, -0.1) is 0 Å². The summed E-state index contributed by atoms with van der Waals surface area (Å²) in [6.07, 6.45) is -0.755. The van der Waals surface area contributed by atoms with Crippen LogP contribution < -0.4 is 0 Å². The van der Waals surface area contributed by atoms with Gasteiger partial charge in [0.2, 0.25) is 0 Å². The average molecular weight is 269 g/mol. The second-order valence-corrected chi connectivity index (χ2v) is 5.78. The van der Waals surface area contributed by atoms with Crippen LogP contribution in [0.3, 0.4) is 0 Å². The summed E-state index contributed by atoms with van der Waals surface area (Å²) in [6, 6.07) is 1.95. The minimum absolute atomic E-state index is 0.145. The van der Waals surface area contributed by atoms with Crippen molar-refractivity contribution >= 4 is 6.09 Å². The summed E-state index contributed by atoms with van der Waals surface area (Å²) >= 11 is 0. The fraction of sp³-hybridized carbons (Fsp3) is 0.846. The normalized spacial score (nSPS) is 18.8. The number of nitrogens with zero attached hydrogens (tertiary/aromatic N) is 3. The van der Waals surface area contributed by atoms with E-state index in [1.807, 2.05) is 26.8 Å². The van der Waals surface area contributed by atoms with Crippen LogP contribution in [0.1, 0.15) is 27.2 Å². The smallest absolute Gasteiger partial charge is 0.410 e. The van der Waals surface area contributed by atoms with Gasteiger partial charge in [0.05, 0.1) is 18.6 Å². The van der Waals surface area contributed by atoms with Crippen LogP contribution in [-0.4, -0.2) is 65.4 Å². The molecule has 0 aliphatic carbocycles. The van der Waals surface area contributed by atoms with E-state index in [9.17, 15) is 9.90 Å². The first-order chi connectivity index (χ1) is 8.81. The van der Waals surface area contributed by atoms with Gasteiger partial charge in [-0.05, 0) is 20.8 Å². The van der Waals surface area contributed by atoms with E-state index in [1.54, 1.807) is 4.90 Å². The number of ether oxygens (including phenoxy) is 1. The lowest BCUT2D eigenvalue weighted by atomic mass is 10.2. The zero-order chi connectivity index (χ0) is 14.5. The summed E-state index contributed by atoms with van der Waals surface area (Å²) in [4.78, 5) is 15.6. The number of rotatable bonds is 3. The molecule has 1 rings (SSSR count). The third-order valence-corrected chi connectivity index (χ3v) is 2.82. The Morgan fingerprint density at radius 2 is 1.95 bits per heavy atom. The Morgan fingerprint density at radius 3 is 2.42 bits per heavy atom. The number of carbonyl (C=O) groups excluding carboxylic acids is 1. The Hall–Kier alpha value is -1.32.